The van der Waals surface area contributed by atoms with Gasteiger partial charge in [-0.3, -0.25) is 9.59 Å². The second kappa shape index (κ2) is 9.56. The van der Waals surface area contributed by atoms with Crippen molar-refractivity contribution in [2.75, 3.05) is 20.3 Å². The second-order valence-electron chi connectivity index (χ2n) is 8.12. The maximum atomic E-state index is 13.4. The summed E-state index contributed by atoms with van der Waals surface area (Å²) in [6.07, 6.45) is 2.06. The molecule has 8 nitrogen and oxygen atoms in total. The van der Waals surface area contributed by atoms with E-state index in [0.29, 0.717) is 43.1 Å². The van der Waals surface area contributed by atoms with Gasteiger partial charge >= 0.3 is 5.97 Å². The third-order valence-electron chi connectivity index (χ3n) is 6.27. The molecule has 2 aromatic rings. The van der Waals surface area contributed by atoms with Crippen LogP contribution in [0.15, 0.2) is 36.4 Å². The Bertz CT molecular complexity index is 1000. The summed E-state index contributed by atoms with van der Waals surface area (Å²) in [5.41, 5.74) is 2.57. The minimum Gasteiger partial charge on any atom is -0.467 e. The Balaban J connectivity index is 1.62. The molecule has 1 N–H and O–H groups in total. The average Bonchev–Trinajstić information content (AvgIpc) is 3.47. The lowest BCUT2D eigenvalue weighted by atomic mass is 10.0. The van der Waals surface area contributed by atoms with Crippen LogP contribution < -0.4 is 5.32 Å². The quantitative estimate of drug-likeness (QED) is 0.699. The Morgan fingerprint density at radius 1 is 1.22 bits per heavy atom. The predicted octanol–water partition coefficient (Wildman–Crippen LogP) is 2.68. The zero-order valence-corrected chi connectivity index (χ0v) is 18.5. The molecule has 170 valence electrons. The molecule has 0 radical (unpaired) electrons. The first-order chi connectivity index (χ1) is 15.5. The van der Waals surface area contributed by atoms with Gasteiger partial charge in [-0.05, 0) is 30.9 Å². The summed E-state index contributed by atoms with van der Waals surface area (Å²) in [6, 6.07) is 10.7. The molecule has 2 unspecified atom stereocenters. The van der Waals surface area contributed by atoms with Crippen molar-refractivity contribution in [3.63, 3.8) is 0 Å². The minimum atomic E-state index is -0.585. The van der Waals surface area contributed by atoms with E-state index < -0.39 is 12.0 Å². The standard InChI is InChI=1S/C24H29N3O5/c1-3-18(16-8-5-4-6-9-16)25-22(28)17-14-20(26-12-13-32-15-21(17)26)23(29)27-11-7-10-19(27)24(30)31-2/h4-6,8-9,14,18-19H,3,7,10-13,15H2,1-2H3,(H,25,28). The molecule has 4 rings (SSSR count). The van der Waals surface area contributed by atoms with Gasteiger partial charge in [0.15, 0.2) is 0 Å². The van der Waals surface area contributed by atoms with Crippen LogP contribution in [0.4, 0.5) is 0 Å². The number of aromatic nitrogens is 1. The van der Waals surface area contributed by atoms with Gasteiger partial charge < -0.3 is 24.3 Å². The Labute approximate surface area is 187 Å². The number of carbonyl (C=O) groups excluding carboxylic acids is 3. The number of benzene rings is 1. The highest BCUT2D eigenvalue weighted by molar-refractivity contribution is 6.02. The van der Waals surface area contributed by atoms with E-state index in [-0.39, 0.29) is 24.5 Å². The highest BCUT2D eigenvalue weighted by Crippen LogP contribution is 2.27. The van der Waals surface area contributed by atoms with Crippen molar-refractivity contribution < 1.29 is 23.9 Å². The van der Waals surface area contributed by atoms with Crippen molar-refractivity contribution in [1.29, 1.82) is 0 Å². The van der Waals surface area contributed by atoms with E-state index in [4.69, 9.17) is 9.47 Å². The van der Waals surface area contributed by atoms with E-state index in [2.05, 4.69) is 5.32 Å². The Morgan fingerprint density at radius 2 is 2.00 bits per heavy atom. The third-order valence-corrected chi connectivity index (χ3v) is 6.27. The number of esters is 1. The number of ether oxygens (including phenoxy) is 2. The number of methoxy groups -OCH3 is 1. The summed E-state index contributed by atoms with van der Waals surface area (Å²) < 4.78 is 12.3. The van der Waals surface area contributed by atoms with Crippen molar-refractivity contribution in [2.24, 2.45) is 0 Å². The summed E-state index contributed by atoms with van der Waals surface area (Å²) in [5.74, 6) is -0.897. The highest BCUT2D eigenvalue weighted by Gasteiger charge is 2.38. The zero-order valence-electron chi connectivity index (χ0n) is 18.5. The van der Waals surface area contributed by atoms with Gasteiger partial charge in [-0.1, -0.05) is 37.3 Å². The largest absolute Gasteiger partial charge is 0.467 e. The molecule has 1 aromatic heterocycles. The van der Waals surface area contributed by atoms with Crippen LogP contribution in [0.2, 0.25) is 0 Å². The average molecular weight is 440 g/mol. The molecule has 0 aliphatic carbocycles. The van der Waals surface area contributed by atoms with Crippen molar-refractivity contribution in [3.05, 3.63) is 58.9 Å². The van der Waals surface area contributed by atoms with E-state index in [1.54, 1.807) is 11.0 Å². The molecule has 2 aliphatic rings. The molecule has 2 amide bonds. The number of nitrogens with zero attached hydrogens (tertiary/aromatic N) is 2. The number of hydrogen-bond donors (Lipinski definition) is 1. The number of fused-ring (bicyclic) bond motifs is 1. The first kappa shape index (κ1) is 22.1. The summed E-state index contributed by atoms with van der Waals surface area (Å²) in [4.78, 5) is 40.4. The molecule has 3 heterocycles. The van der Waals surface area contributed by atoms with Gasteiger partial charge in [0.2, 0.25) is 0 Å². The van der Waals surface area contributed by atoms with Crippen LogP contribution in [-0.2, 0) is 27.4 Å². The fourth-order valence-corrected chi connectivity index (χ4v) is 4.58. The highest BCUT2D eigenvalue weighted by atomic mass is 16.5. The normalized spacial score (nSPS) is 18.7. The molecule has 0 bridgehead atoms. The SMILES string of the molecule is CCC(NC(=O)c1cc(C(=O)N2CCCC2C(=O)OC)n2c1COCC2)c1ccccc1. The van der Waals surface area contributed by atoms with Crippen molar-refractivity contribution in [1.82, 2.24) is 14.8 Å². The number of likely N-dealkylation sites (tertiary alicyclic amines) is 1. The summed E-state index contributed by atoms with van der Waals surface area (Å²) in [6.45, 7) is 3.72. The Kier molecular flexibility index (Phi) is 6.60. The smallest absolute Gasteiger partial charge is 0.328 e. The van der Waals surface area contributed by atoms with Crippen LogP contribution in [0.25, 0.3) is 0 Å². The molecule has 32 heavy (non-hydrogen) atoms. The number of amides is 2. The topological polar surface area (TPSA) is 89.9 Å². The van der Waals surface area contributed by atoms with Gasteiger partial charge in [-0.25, -0.2) is 4.79 Å². The van der Waals surface area contributed by atoms with Gasteiger partial charge in [-0.2, -0.15) is 0 Å². The monoisotopic (exact) mass is 439 g/mol. The van der Waals surface area contributed by atoms with Gasteiger partial charge in [0.25, 0.3) is 11.8 Å². The Morgan fingerprint density at radius 3 is 2.72 bits per heavy atom. The van der Waals surface area contributed by atoms with Crippen LogP contribution in [0, 0.1) is 0 Å². The van der Waals surface area contributed by atoms with Crippen LogP contribution in [0.1, 0.15) is 64.3 Å². The van der Waals surface area contributed by atoms with Crippen LogP contribution in [0.5, 0.6) is 0 Å². The summed E-state index contributed by atoms with van der Waals surface area (Å²) in [7, 11) is 1.33. The third kappa shape index (κ3) is 4.14. The lowest BCUT2D eigenvalue weighted by Gasteiger charge is -2.25. The lowest BCUT2D eigenvalue weighted by Crippen LogP contribution is -2.42. The number of carbonyl (C=O) groups is 3. The molecule has 1 fully saturated rings. The molecular weight excluding hydrogens is 410 g/mol. The van der Waals surface area contributed by atoms with Crippen molar-refractivity contribution >= 4 is 17.8 Å². The molecule has 1 aromatic carbocycles. The van der Waals surface area contributed by atoms with Crippen molar-refractivity contribution in [2.45, 2.75) is 51.4 Å². The molecule has 0 saturated carbocycles. The maximum Gasteiger partial charge on any atom is 0.328 e. The van der Waals surface area contributed by atoms with E-state index >= 15 is 0 Å². The van der Waals surface area contributed by atoms with Gasteiger partial charge in [-0.15, -0.1) is 0 Å². The van der Waals surface area contributed by atoms with Crippen LogP contribution in [0.3, 0.4) is 0 Å². The fourth-order valence-electron chi connectivity index (χ4n) is 4.58. The molecular formula is C24H29N3O5. The number of nitrogens with one attached hydrogen (secondary N) is 1. The fraction of sp³-hybridized carbons (Fsp3) is 0.458. The molecule has 0 spiro atoms. The molecule has 2 atom stereocenters. The zero-order chi connectivity index (χ0) is 22.7. The van der Waals surface area contributed by atoms with Gasteiger partial charge in [0, 0.05) is 13.1 Å². The van der Waals surface area contributed by atoms with Crippen molar-refractivity contribution in [3.8, 4) is 0 Å². The molecule has 1 saturated heterocycles. The van der Waals surface area contributed by atoms with E-state index in [0.717, 1.165) is 18.4 Å². The summed E-state index contributed by atoms with van der Waals surface area (Å²) >= 11 is 0. The number of rotatable bonds is 6. The maximum absolute atomic E-state index is 13.4. The van der Waals surface area contributed by atoms with E-state index in [1.165, 1.54) is 7.11 Å². The van der Waals surface area contributed by atoms with Gasteiger partial charge in [0.1, 0.15) is 11.7 Å². The second-order valence-corrected chi connectivity index (χ2v) is 8.12. The van der Waals surface area contributed by atoms with Crippen LogP contribution >= 0.6 is 0 Å². The van der Waals surface area contributed by atoms with E-state index in [1.807, 2.05) is 41.8 Å². The summed E-state index contributed by atoms with van der Waals surface area (Å²) in [5, 5.41) is 3.10. The first-order valence-corrected chi connectivity index (χ1v) is 11.1. The first-order valence-electron chi connectivity index (χ1n) is 11.1. The molecule has 8 heteroatoms. The Hall–Kier alpha value is -3.13. The minimum absolute atomic E-state index is 0.134. The van der Waals surface area contributed by atoms with Gasteiger partial charge in [0.05, 0.1) is 37.6 Å². The lowest BCUT2D eigenvalue weighted by molar-refractivity contribution is -0.145. The number of hydrogen-bond acceptors (Lipinski definition) is 5. The molecule has 2 aliphatic heterocycles. The van der Waals surface area contributed by atoms with E-state index in [9.17, 15) is 14.4 Å². The predicted molar refractivity (Wildman–Crippen MR) is 117 cm³/mol. The van der Waals surface area contributed by atoms with Crippen LogP contribution in [-0.4, -0.2) is 53.6 Å².